The minimum Gasteiger partial charge on any atom is -0.316 e. The number of hydrogen-bond donors (Lipinski definition) is 2. The van der Waals surface area contributed by atoms with Crippen LogP contribution in [0.15, 0.2) is 11.6 Å². The van der Waals surface area contributed by atoms with Crippen molar-refractivity contribution < 1.29 is 0 Å². The highest BCUT2D eigenvalue weighted by Gasteiger charge is 2.07. The molecular formula is C10H22N2. The summed E-state index contributed by atoms with van der Waals surface area (Å²) in [6, 6.07) is 0. The second kappa shape index (κ2) is 5.33. The molecule has 0 aliphatic heterocycles. The van der Waals surface area contributed by atoms with E-state index in [2.05, 4.69) is 33.8 Å². The molecule has 0 aromatic rings. The van der Waals surface area contributed by atoms with Gasteiger partial charge in [-0.05, 0) is 25.2 Å². The first-order valence-corrected chi connectivity index (χ1v) is 4.62. The smallest absolute Gasteiger partial charge is 0.0550 e. The van der Waals surface area contributed by atoms with Gasteiger partial charge in [0.2, 0.25) is 0 Å². The van der Waals surface area contributed by atoms with Crippen molar-refractivity contribution >= 4 is 0 Å². The van der Waals surface area contributed by atoms with Crippen molar-refractivity contribution in [2.24, 2.45) is 23.3 Å². The summed E-state index contributed by atoms with van der Waals surface area (Å²) in [5, 5.41) is 0. The van der Waals surface area contributed by atoms with Gasteiger partial charge in [0.15, 0.2) is 0 Å². The molecule has 0 aromatic carbocycles. The van der Waals surface area contributed by atoms with Gasteiger partial charge < -0.3 is 11.5 Å². The fourth-order valence-electron chi connectivity index (χ4n) is 1.28. The molecule has 2 nitrogen and oxygen atoms in total. The molecule has 0 fully saturated rings. The van der Waals surface area contributed by atoms with Crippen molar-refractivity contribution in [3.63, 3.8) is 0 Å². The topological polar surface area (TPSA) is 52.0 Å². The summed E-state index contributed by atoms with van der Waals surface area (Å²) < 4.78 is 0. The van der Waals surface area contributed by atoms with Gasteiger partial charge in [-0.1, -0.05) is 32.4 Å². The number of allylic oxidation sites excluding steroid dienone is 2. The van der Waals surface area contributed by atoms with Crippen LogP contribution in [-0.2, 0) is 0 Å². The molecule has 0 spiro atoms. The van der Waals surface area contributed by atoms with E-state index in [1.807, 2.05) is 0 Å². The lowest BCUT2D eigenvalue weighted by atomic mass is 9.98. The Morgan fingerprint density at radius 3 is 2.08 bits per heavy atom. The van der Waals surface area contributed by atoms with Crippen LogP contribution in [0.4, 0.5) is 0 Å². The normalized spacial score (nSPS) is 15.8. The van der Waals surface area contributed by atoms with Crippen molar-refractivity contribution in [2.45, 2.75) is 40.3 Å². The van der Waals surface area contributed by atoms with Crippen molar-refractivity contribution in [3.05, 3.63) is 11.6 Å². The van der Waals surface area contributed by atoms with Crippen LogP contribution >= 0.6 is 0 Å². The molecule has 0 saturated heterocycles. The van der Waals surface area contributed by atoms with Gasteiger partial charge in [0, 0.05) is 0 Å². The van der Waals surface area contributed by atoms with E-state index >= 15 is 0 Å². The zero-order valence-electron chi connectivity index (χ0n) is 8.67. The molecule has 0 bridgehead atoms. The zero-order chi connectivity index (χ0) is 9.72. The van der Waals surface area contributed by atoms with E-state index in [1.165, 1.54) is 5.57 Å². The second-order valence-corrected chi connectivity index (χ2v) is 4.02. The van der Waals surface area contributed by atoms with Crippen molar-refractivity contribution in [2.75, 3.05) is 0 Å². The Bertz CT molecular complexity index is 148. The fraction of sp³-hybridized carbons (Fsp3) is 0.800. The Morgan fingerprint density at radius 2 is 1.75 bits per heavy atom. The lowest BCUT2D eigenvalue weighted by Crippen LogP contribution is -2.37. The molecule has 72 valence electrons. The third-order valence-corrected chi connectivity index (χ3v) is 1.92. The minimum absolute atomic E-state index is 0.194. The first kappa shape index (κ1) is 11.7. The summed E-state index contributed by atoms with van der Waals surface area (Å²) in [7, 11) is 0. The highest BCUT2D eigenvalue weighted by atomic mass is 14.9. The summed E-state index contributed by atoms with van der Waals surface area (Å²) in [6.07, 6.45) is 3.08. The number of rotatable bonds is 4. The fourth-order valence-corrected chi connectivity index (χ4v) is 1.28. The SMILES string of the molecule is CC(=CC(C)C)CC(C)C(N)N. The molecular weight excluding hydrogens is 148 g/mol. The van der Waals surface area contributed by atoms with Gasteiger partial charge in [0.25, 0.3) is 0 Å². The van der Waals surface area contributed by atoms with E-state index in [4.69, 9.17) is 11.5 Å². The zero-order valence-corrected chi connectivity index (χ0v) is 8.67. The molecule has 0 saturated carbocycles. The lowest BCUT2D eigenvalue weighted by Gasteiger charge is -2.15. The van der Waals surface area contributed by atoms with Crippen LogP contribution in [0.1, 0.15) is 34.1 Å². The average Bonchev–Trinajstić information content (AvgIpc) is 1.84. The largest absolute Gasteiger partial charge is 0.316 e. The second-order valence-electron chi connectivity index (χ2n) is 4.02. The van der Waals surface area contributed by atoms with Gasteiger partial charge in [-0.15, -0.1) is 0 Å². The van der Waals surface area contributed by atoms with Gasteiger partial charge >= 0.3 is 0 Å². The van der Waals surface area contributed by atoms with Crippen LogP contribution in [0.5, 0.6) is 0 Å². The van der Waals surface area contributed by atoms with Gasteiger partial charge in [-0.3, -0.25) is 0 Å². The maximum atomic E-state index is 5.57. The van der Waals surface area contributed by atoms with E-state index in [-0.39, 0.29) is 6.17 Å². The molecule has 0 amide bonds. The average molecular weight is 170 g/mol. The van der Waals surface area contributed by atoms with Crippen LogP contribution in [0, 0.1) is 11.8 Å². The van der Waals surface area contributed by atoms with Crippen LogP contribution in [0.2, 0.25) is 0 Å². The quantitative estimate of drug-likeness (QED) is 0.500. The van der Waals surface area contributed by atoms with E-state index in [0.29, 0.717) is 11.8 Å². The molecule has 12 heavy (non-hydrogen) atoms. The van der Waals surface area contributed by atoms with Crippen molar-refractivity contribution in [1.29, 1.82) is 0 Å². The predicted octanol–water partition coefficient (Wildman–Crippen LogP) is 1.86. The van der Waals surface area contributed by atoms with Gasteiger partial charge in [-0.25, -0.2) is 0 Å². The van der Waals surface area contributed by atoms with Crippen LogP contribution < -0.4 is 11.5 Å². The monoisotopic (exact) mass is 170 g/mol. The Morgan fingerprint density at radius 1 is 1.25 bits per heavy atom. The van der Waals surface area contributed by atoms with E-state index in [0.717, 1.165) is 6.42 Å². The molecule has 0 radical (unpaired) electrons. The summed E-state index contributed by atoms with van der Waals surface area (Å²) in [6.45, 7) is 8.58. The summed E-state index contributed by atoms with van der Waals surface area (Å²) in [5.41, 5.74) is 12.5. The molecule has 1 unspecified atom stereocenters. The number of hydrogen-bond acceptors (Lipinski definition) is 2. The molecule has 2 heteroatoms. The lowest BCUT2D eigenvalue weighted by molar-refractivity contribution is 0.462. The third-order valence-electron chi connectivity index (χ3n) is 1.92. The molecule has 0 aliphatic rings. The Balaban J connectivity index is 3.91. The maximum absolute atomic E-state index is 5.57. The summed E-state index contributed by atoms with van der Waals surface area (Å²) >= 11 is 0. The van der Waals surface area contributed by atoms with E-state index < -0.39 is 0 Å². The Labute approximate surface area is 76.0 Å². The highest BCUT2D eigenvalue weighted by molar-refractivity contribution is 5.00. The molecule has 0 rings (SSSR count). The third kappa shape index (κ3) is 5.33. The molecule has 0 heterocycles. The summed E-state index contributed by atoms with van der Waals surface area (Å²) in [4.78, 5) is 0. The minimum atomic E-state index is -0.194. The first-order valence-electron chi connectivity index (χ1n) is 4.62. The van der Waals surface area contributed by atoms with E-state index in [1.54, 1.807) is 0 Å². The van der Waals surface area contributed by atoms with Crippen LogP contribution in [0.3, 0.4) is 0 Å². The van der Waals surface area contributed by atoms with Crippen LogP contribution in [-0.4, -0.2) is 6.17 Å². The maximum Gasteiger partial charge on any atom is 0.0550 e. The van der Waals surface area contributed by atoms with Crippen LogP contribution in [0.25, 0.3) is 0 Å². The van der Waals surface area contributed by atoms with Gasteiger partial charge in [0.05, 0.1) is 6.17 Å². The molecule has 4 N–H and O–H groups in total. The van der Waals surface area contributed by atoms with Crippen molar-refractivity contribution in [1.82, 2.24) is 0 Å². The molecule has 1 atom stereocenters. The number of nitrogens with two attached hydrogens (primary N) is 2. The predicted molar refractivity (Wildman–Crippen MR) is 54.5 cm³/mol. The molecule has 0 aromatic heterocycles. The van der Waals surface area contributed by atoms with E-state index in [9.17, 15) is 0 Å². The van der Waals surface area contributed by atoms with Gasteiger partial charge in [-0.2, -0.15) is 0 Å². The highest BCUT2D eigenvalue weighted by Crippen LogP contribution is 2.13. The standard InChI is InChI=1S/C10H22N2/c1-7(2)5-8(3)6-9(4)10(11)12/h5,7,9-10H,6,11-12H2,1-4H3. The molecule has 0 aliphatic carbocycles. The first-order chi connectivity index (χ1) is 5.43. The Kier molecular flexibility index (Phi) is 5.18. The van der Waals surface area contributed by atoms with Crippen molar-refractivity contribution in [3.8, 4) is 0 Å². The van der Waals surface area contributed by atoms with Gasteiger partial charge in [0.1, 0.15) is 0 Å². The summed E-state index contributed by atoms with van der Waals surface area (Å²) in [5.74, 6) is 0.992. The Hall–Kier alpha value is -0.340.